The van der Waals surface area contributed by atoms with Crippen molar-refractivity contribution in [2.45, 2.75) is 6.92 Å². The number of hydrogen-bond acceptors (Lipinski definition) is 3. The van der Waals surface area contributed by atoms with E-state index in [1.165, 1.54) is 0 Å². The summed E-state index contributed by atoms with van der Waals surface area (Å²) in [5.41, 5.74) is 0. The van der Waals surface area contributed by atoms with Crippen LogP contribution in [0.15, 0.2) is 0 Å². The van der Waals surface area contributed by atoms with Gasteiger partial charge >= 0.3 is 0 Å². The third-order valence-electron chi connectivity index (χ3n) is 1.14. The maximum absolute atomic E-state index is 10.1. The SMILES string of the molecule is CC[P+](C=O)(C=O)C=O. The van der Waals surface area contributed by atoms with Crippen LogP contribution in [0.4, 0.5) is 0 Å². The van der Waals surface area contributed by atoms with Crippen LogP contribution in [0, 0.1) is 0 Å². The number of rotatable bonds is 4. The van der Waals surface area contributed by atoms with E-state index in [0.717, 1.165) is 0 Å². The van der Waals surface area contributed by atoms with E-state index in [0.29, 0.717) is 24.2 Å². The highest BCUT2D eigenvalue weighted by Gasteiger charge is 2.35. The Kier molecular flexibility index (Phi) is 3.25. The Morgan fingerprint density at radius 2 is 1.44 bits per heavy atom. The standard InChI is InChI=1S/C5H8O3P/c1-2-9(3-6,4-7)5-8/h3-5H,2H2,1H3/q+1. The Morgan fingerprint density at radius 3 is 1.44 bits per heavy atom. The van der Waals surface area contributed by atoms with E-state index < -0.39 is 7.26 Å². The molecule has 0 rings (SSSR count). The molecule has 0 aromatic rings. The van der Waals surface area contributed by atoms with Crippen LogP contribution in [-0.4, -0.2) is 24.2 Å². The second-order valence-corrected chi connectivity index (χ2v) is 4.88. The molecule has 0 amide bonds. The Balaban J connectivity index is 4.34. The zero-order valence-corrected chi connectivity index (χ0v) is 6.01. The maximum atomic E-state index is 10.1. The first-order valence-corrected chi connectivity index (χ1v) is 4.69. The second kappa shape index (κ2) is 3.46. The molecule has 50 valence electrons. The largest absolute Gasteiger partial charge is 0.272 e. The second-order valence-electron chi connectivity index (χ2n) is 1.63. The van der Waals surface area contributed by atoms with E-state index in [-0.39, 0.29) is 0 Å². The van der Waals surface area contributed by atoms with E-state index in [1.807, 2.05) is 0 Å². The molecule has 0 bridgehead atoms. The molecule has 0 aliphatic carbocycles. The van der Waals surface area contributed by atoms with E-state index in [9.17, 15) is 14.4 Å². The van der Waals surface area contributed by atoms with Crippen molar-refractivity contribution in [3.63, 3.8) is 0 Å². The predicted molar refractivity (Wildman–Crippen MR) is 37.7 cm³/mol. The molecule has 0 spiro atoms. The van der Waals surface area contributed by atoms with Gasteiger partial charge in [-0.1, -0.05) is 0 Å². The lowest BCUT2D eigenvalue weighted by molar-refractivity contribution is 0.561. The van der Waals surface area contributed by atoms with Crippen molar-refractivity contribution in [3.8, 4) is 0 Å². The van der Waals surface area contributed by atoms with Crippen molar-refractivity contribution in [1.29, 1.82) is 0 Å². The zero-order chi connectivity index (χ0) is 7.33. The van der Waals surface area contributed by atoms with E-state index >= 15 is 0 Å². The van der Waals surface area contributed by atoms with E-state index in [4.69, 9.17) is 0 Å². The first kappa shape index (κ1) is 8.44. The highest BCUT2D eigenvalue weighted by Crippen LogP contribution is 2.48. The van der Waals surface area contributed by atoms with Crippen molar-refractivity contribution in [2.24, 2.45) is 0 Å². The first-order chi connectivity index (χ1) is 4.24. The van der Waals surface area contributed by atoms with Crippen LogP contribution >= 0.6 is 7.26 Å². The van der Waals surface area contributed by atoms with Gasteiger partial charge < -0.3 is 0 Å². The van der Waals surface area contributed by atoms with Gasteiger partial charge in [0.2, 0.25) is 7.26 Å². The van der Waals surface area contributed by atoms with Crippen molar-refractivity contribution < 1.29 is 14.4 Å². The Bertz CT molecular complexity index is 110. The van der Waals surface area contributed by atoms with Gasteiger partial charge in [0.05, 0.1) is 6.16 Å². The molecule has 0 heterocycles. The van der Waals surface area contributed by atoms with Crippen LogP contribution in [0.25, 0.3) is 0 Å². The molecule has 0 atom stereocenters. The molecule has 0 radical (unpaired) electrons. The van der Waals surface area contributed by atoms with E-state index in [2.05, 4.69) is 0 Å². The summed E-state index contributed by atoms with van der Waals surface area (Å²) in [6.07, 6.45) is 0.351. The molecule has 3 nitrogen and oxygen atoms in total. The number of carbonyl (C=O) groups is 3. The highest BCUT2D eigenvalue weighted by atomic mass is 31.2. The smallest absolute Gasteiger partial charge is 0.256 e. The van der Waals surface area contributed by atoms with Crippen molar-refractivity contribution in [1.82, 2.24) is 0 Å². The van der Waals surface area contributed by atoms with Gasteiger partial charge in [0.1, 0.15) is 0 Å². The summed E-state index contributed by atoms with van der Waals surface area (Å²) in [6, 6.07) is 1.44. The minimum Gasteiger partial charge on any atom is -0.256 e. The summed E-state index contributed by atoms with van der Waals surface area (Å²) < 4.78 is 0. The van der Waals surface area contributed by atoms with Gasteiger partial charge in [-0.25, -0.2) is 0 Å². The van der Waals surface area contributed by atoms with Crippen LogP contribution < -0.4 is 0 Å². The lowest BCUT2D eigenvalue weighted by Gasteiger charge is -1.97. The summed E-state index contributed by atoms with van der Waals surface area (Å²) in [5.74, 6) is 0. The third kappa shape index (κ3) is 1.68. The molecule has 4 heteroatoms. The molecule has 0 N–H and O–H groups in total. The van der Waals surface area contributed by atoms with Crippen LogP contribution in [0.5, 0.6) is 0 Å². The normalized spacial score (nSPS) is 10.3. The maximum Gasteiger partial charge on any atom is 0.272 e. The number of carbonyl (C=O) groups excluding carboxylic acids is 3. The van der Waals surface area contributed by atoms with Crippen LogP contribution in [0.2, 0.25) is 0 Å². The summed E-state index contributed by atoms with van der Waals surface area (Å²) in [4.78, 5) is 30.3. The molecule has 0 saturated heterocycles. The topological polar surface area (TPSA) is 51.2 Å². The molecule has 0 aliphatic rings. The molecule has 0 aliphatic heterocycles. The molecule has 0 saturated carbocycles. The van der Waals surface area contributed by atoms with Crippen LogP contribution in [-0.2, 0) is 14.4 Å². The fourth-order valence-corrected chi connectivity index (χ4v) is 0.894. The summed E-state index contributed by atoms with van der Waals surface area (Å²) in [5, 5.41) is 0. The molecular weight excluding hydrogens is 139 g/mol. The lowest BCUT2D eigenvalue weighted by Crippen LogP contribution is -1.98. The molecule has 9 heavy (non-hydrogen) atoms. The average Bonchev–Trinajstić information content (AvgIpc) is 1.95. The predicted octanol–water partition coefficient (Wildman–Crippen LogP) is 0.594. The van der Waals surface area contributed by atoms with Gasteiger partial charge in [0.15, 0.2) is 0 Å². The van der Waals surface area contributed by atoms with Gasteiger partial charge in [0.25, 0.3) is 18.1 Å². The molecule has 0 unspecified atom stereocenters. The van der Waals surface area contributed by atoms with Gasteiger partial charge in [-0.3, -0.25) is 14.4 Å². The molecule has 0 aromatic carbocycles. The van der Waals surface area contributed by atoms with Gasteiger partial charge in [-0.05, 0) is 6.92 Å². The van der Waals surface area contributed by atoms with Crippen molar-refractivity contribution >= 4 is 25.3 Å². The minimum atomic E-state index is -2.46. The number of hydrogen-bond donors (Lipinski definition) is 0. The van der Waals surface area contributed by atoms with Crippen LogP contribution in [0.3, 0.4) is 0 Å². The Labute approximate surface area is 53.8 Å². The Morgan fingerprint density at radius 1 is 1.11 bits per heavy atom. The fraction of sp³-hybridized carbons (Fsp3) is 0.400. The van der Waals surface area contributed by atoms with Crippen molar-refractivity contribution in [3.05, 3.63) is 0 Å². The molecule has 0 aromatic heterocycles. The monoisotopic (exact) mass is 147 g/mol. The van der Waals surface area contributed by atoms with Gasteiger partial charge in [-0.2, -0.15) is 0 Å². The fourth-order valence-electron chi connectivity index (χ4n) is 0.298. The van der Waals surface area contributed by atoms with Crippen LogP contribution in [0.1, 0.15) is 6.92 Å². The summed E-state index contributed by atoms with van der Waals surface area (Å²) in [6.45, 7) is 1.66. The first-order valence-electron chi connectivity index (χ1n) is 2.51. The van der Waals surface area contributed by atoms with Crippen molar-refractivity contribution in [2.75, 3.05) is 6.16 Å². The van der Waals surface area contributed by atoms with Gasteiger partial charge in [0, 0.05) is 0 Å². The summed E-state index contributed by atoms with van der Waals surface area (Å²) in [7, 11) is -2.46. The molecular formula is C5H8O3P+. The highest BCUT2D eigenvalue weighted by molar-refractivity contribution is 8.10. The zero-order valence-electron chi connectivity index (χ0n) is 5.11. The summed E-state index contributed by atoms with van der Waals surface area (Å²) >= 11 is 0. The van der Waals surface area contributed by atoms with E-state index in [1.54, 1.807) is 6.92 Å². The Hall–Kier alpha value is -0.560. The lowest BCUT2D eigenvalue weighted by atomic mass is 11.0. The van der Waals surface area contributed by atoms with Gasteiger partial charge in [-0.15, -0.1) is 0 Å². The average molecular weight is 147 g/mol. The quantitative estimate of drug-likeness (QED) is 0.432. The minimum absolute atomic E-state index is 0.351. The molecule has 0 fully saturated rings. The third-order valence-corrected chi connectivity index (χ3v) is 3.41.